The summed E-state index contributed by atoms with van der Waals surface area (Å²) in [5, 5.41) is 2.81. The van der Waals surface area contributed by atoms with Crippen molar-refractivity contribution in [3.05, 3.63) is 114 Å². The van der Waals surface area contributed by atoms with Gasteiger partial charge in [0.15, 0.2) is 5.78 Å². The minimum Gasteiger partial charge on any atom is -0.465 e. The van der Waals surface area contributed by atoms with Crippen LogP contribution in [-0.2, 0) is 4.79 Å². The van der Waals surface area contributed by atoms with E-state index in [0.29, 0.717) is 28.4 Å². The molecule has 0 fully saturated rings. The Morgan fingerprint density at radius 1 is 0.879 bits per heavy atom. The third-order valence-electron chi connectivity index (χ3n) is 5.15. The number of imidazole rings is 1. The van der Waals surface area contributed by atoms with E-state index in [-0.39, 0.29) is 11.7 Å². The summed E-state index contributed by atoms with van der Waals surface area (Å²) in [6, 6.07) is 25.5. The lowest BCUT2D eigenvalue weighted by atomic mass is 10.0. The maximum Gasteiger partial charge on any atom is 0.248 e. The Bertz CT molecular complexity index is 1450. The molecule has 0 radical (unpaired) electrons. The number of amides is 1. The first-order valence-corrected chi connectivity index (χ1v) is 10.4. The number of benzene rings is 3. The number of nitrogens with zero attached hydrogens (tertiary/aromatic N) is 1. The molecule has 0 saturated carbocycles. The number of anilines is 1. The van der Waals surface area contributed by atoms with E-state index in [1.165, 1.54) is 6.08 Å². The first-order chi connectivity index (χ1) is 16.2. The standard InChI is InChI=1S/C27H19N3O3/c31-25(15-13-22-7-4-16-33-22)28-21-11-8-19(9-12-21)27-29-23-14-10-20(17-24(23)30-27)26(32)18-5-2-1-3-6-18/h1-17H,(H,28,31)(H,29,30)/b15-13+. The van der Waals surface area contributed by atoms with Gasteiger partial charge < -0.3 is 14.7 Å². The second-order valence-electron chi connectivity index (χ2n) is 7.43. The number of hydrogen-bond acceptors (Lipinski definition) is 4. The van der Waals surface area contributed by atoms with E-state index in [9.17, 15) is 9.59 Å². The Labute approximate surface area is 189 Å². The summed E-state index contributed by atoms with van der Waals surface area (Å²) < 4.78 is 5.17. The summed E-state index contributed by atoms with van der Waals surface area (Å²) in [6.45, 7) is 0. The van der Waals surface area contributed by atoms with E-state index in [1.807, 2.05) is 54.6 Å². The van der Waals surface area contributed by atoms with E-state index in [4.69, 9.17) is 4.42 Å². The van der Waals surface area contributed by atoms with E-state index in [0.717, 1.165) is 16.6 Å². The van der Waals surface area contributed by atoms with Crippen LogP contribution in [0.1, 0.15) is 21.7 Å². The topological polar surface area (TPSA) is 88.0 Å². The third-order valence-corrected chi connectivity index (χ3v) is 5.15. The summed E-state index contributed by atoms with van der Waals surface area (Å²) in [6.07, 6.45) is 4.57. The molecular formula is C27H19N3O3. The number of carbonyl (C=O) groups is 2. The second-order valence-corrected chi connectivity index (χ2v) is 7.43. The summed E-state index contributed by atoms with van der Waals surface area (Å²) in [5.74, 6) is 1.01. The molecule has 3 aromatic carbocycles. The highest BCUT2D eigenvalue weighted by Gasteiger charge is 2.12. The fourth-order valence-corrected chi connectivity index (χ4v) is 3.48. The molecule has 0 unspecified atom stereocenters. The van der Waals surface area contributed by atoms with E-state index in [2.05, 4.69) is 15.3 Å². The Morgan fingerprint density at radius 2 is 1.70 bits per heavy atom. The lowest BCUT2D eigenvalue weighted by Crippen LogP contribution is -2.07. The minimum absolute atomic E-state index is 0.0326. The van der Waals surface area contributed by atoms with Crippen LogP contribution in [0, 0.1) is 0 Å². The molecule has 1 amide bonds. The van der Waals surface area contributed by atoms with Crippen molar-refractivity contribution >= 4 is 34.5 Å². The van der Waals surface area contributed by atoms with Gasteiger partial charge in [-0.3, -0.25) is 9.59 Å². The van der Waals surface area contributed by atoms with Crippen LogP contribution in [0.15, 0.2) is 102 Å². The molecule has 2 heterocycles. The van der Waals surface area contributed by atoms with Crippen LogP contribution in [0.3, 0.4) is 0 Å². The van der Waals surface area contributed by atoms with Gasteiger partial charge >= 0.3 is 0 Å². The van der Waals surface area contributed by atoms with Crippen LogP contribution < -0.4 is 5.32 Å². The van der Waals surface area contributed by atoms with Gasteiger partial charge in [-0.1, -0.05) is 30.3 Å². The number of fused-ring (bicyclic) bond motifs is 1. The van der Waals surface area contributed by atoms with E-state index >= 15 is 0 Å². The zero-order chi connectivity index (χ0) is 22.6. The van der Waals surface area contributed by atoms with Crippen molar-refractivity contribution in [3.8, 4) is 11.4 Å². The highest BCUT2D eigenvalue weighted by Crippen LogP contribution is 2.24. The number of furan rings is 1. The summed E-state index contributed by atoms with van der Waals surface area (Å²) in [4.78, 5) is 32.7. The predicted octanol–water partition coefficient (Wildman–Crippen LogP) is 5.71. The Balaban J connectivity index is 1.31. The fourth-order valence-electron chi connectivity index (χ4n) is 3.48. The molecule has 0 aliphatic carbocycles. The zero-order valence-electron chi connectivity index (χ0n) is 17.5. The zero-order valence-corrected chi connectivity index (χ0v) is 17.5. The van der Waals surface area contributed by atoms with Gasteiger partial charge in [-0.2, -0.15) is 0 Å². The monoisotopic (exact) mass is 433 g/mol. The van der Waals surface area contributed by atoms with Gasteiger partial charge in [-0.05, 0) is 60.7 Å². The van der Waals surface area contributed by atoms with Gasteiger partial charge in [0.2, 0.25) is 5.91 Å². The lowest BCUT2D eigenvalue weighted by molar-refractivity contribution is -0.111. The molecule has 6 nitrogen and oxygen atoms in total. The van der Waals surface area contributed by atoms with E-state index in [1.54, 1.807) is 42.7 Å². The van der Waals surface area contributed by atoms with Gasteiger partial charge in [0, 0.05) is 28.5 Å². The molecular weight excluding hydrogens is 414 g/mol. The Morgan fingerprint density at radius 3 is 2.45 bits per heavy atom. The molecule has 6 heteroatoms. The lowest BCUT2D eigenvalue weighted by Gasteiger charge is -2.03. The normalized spacial score (nSPS) is 11.2. The molecule has 0 spiro atoms. The average Bonchev–Trinajstić information content (AvgIpc) is 3.53. The number of aromatic amines is 1. The summed E-state index contributed by atoms with van der Waals surface area (Å²) in [7, 11) is 0. The van der Waals surface area contributed by atoms with Gasteiger partial charge in [0.25, 0.3) is 0 Å². The Hall–Kier alpha value is -4.71. The van der Waals surface area contributed by atoms with E-state index < -0.39 is 0 Å². The van der Waals surface area contributed by atoms with Crippen molar-refractivity contribution < 1.29 is 14.0 Å². The molecule has 5 aromatic rings. The number of aromatic nitrogens is 2. The van der Waals surface area contributed by atoms with Crippen molar-refractivity contribution in [2.24, 2.45) is 0 Å². The number of hydrogen-bond donors (Lipinski definition) is 2. The molecule has 160 valence electrons. The van der Waals surface area contributed by atoms with Crippen LogP contribution >= 0.6 is 0 Å². The van der Waals surface area contributed by atoms with Crippen molar-refractivity contribution in [2.75, 3.05) is 5.32 Å². The first-order valence-electron chi connectivity index (χ1n) is 10.4. The number of ketones is 1. The van der Waals surface area contributed by atoms with Crippen molar-refractivity contribution in [1.82, 2.24) is 9.97 Å². The molecule has 0 atom stereocenters. The maximum absolute atomic E-state index is 12.7. The molecule has 0 aliphatic rings. The highest BCUT2D eigenvalue weighted by atomic mass is 16.3. The number of rotatable bonds is 6. The van der Waals surface area contributed by atoms with Crippen LogP contribution in [0.4, 0.5) is 5.69 Å². The van der Waals surface area contributed by atoms with Crippen molar-refractivity contribution in [3.63, 3.8) is 0 Å². The van der Waals surface area contributed by atoms with Crippen molar-refractivity contribution in [2.45, 2.75) is 0 Å². The third kappa shape index (κ3) is 4.50. The first kappa shape index (κ1) is 20.2. The fraction of sp³-hybridized carbons (Fsp3) is 0. The molecule has 0 aliphatic heterocycles. The minimum atomic E-state index is -0.251. The quantitative estimate of drug-likeness (QED) is 0.265. The van der Waals surface area contributed by atoms with Gasteiger partial charge in [0.05, 0.1) is 17.3 Å². The molecule has 2 N–H and O–H groups in total. The summed E-state index contributed by atoms with van der Waals surface area (Å²) in [5.41, 5.74) is 4.34. The average molecular weight is 433 g/mol. The van der Waals surface area contributed by atoms with Gasteiger partial charge in [0.1, 0.15) is 11.6 Å². The van der Waals surface area contributed by atoms with Gasteiger partial charge in [-0.25, -0.2) is 4.98 Å². The van der Waals surface area contributed by atoms with Crippen LogP contribution in [0.2, 0.25) is 0 Å². The number of carbonyl (C=O) groups excluding carboxylic acids is 2. The van der Waals surface area contributed by atoms with Crippen LogP contribution in [0.5, 0.6) is 0 Å². The smallest absolute Gasteiger partial charge is 0.248 e. The molecule has 5 rings (SSSR count). The number of H-pyrrole nitrogens is 1. The molecule has 0 saturated heterocycles. The largest absolute Gasteiger partial charge is 0.465 e. The Kier molecular flexibility index (Phi) is 5.39. The SMILES string of the molecule is O=C(/C=C/c1ccco1)Nc1ccc(-c2nc3ccc(C(=O)c4ccccc4)cc3[nH]2)cc1. The van der Waals surface area contributed by atoms with Crippen molar-refractivity contribution in [1.29, 1.82) is 0 Å². The molecule has 0 bridgehead atoms. The van der Waals surface area contributed by atoms with Gasteiger partial charge in [-0.15, -0.1) is 0 Å². The maximum atomic E-state index is 12.7. The highest BCUT2D eigenvalue weighted by molar-refractivity contribution is 6.10. The summed E-state index contributed by atoms with van der Waals surface area (Å²) >= 11 is 0. The second kappa shape index (κ2) is 8.80. The van der Waals surface area contributed by atoms with Crippen LogP contribution in [0.25, 0.3) is 28.5 Å². The number of nitrogens with one attached hydrogen (secondary N) is 2. The van der Waals surface area contributed by atoms with Crippen LogP contribution in [-0.4, -0.2) is 21.7 Å². The predicted molar refractivity (Wildman–Crippen MR) is 128 cm³/mol. The molecule has 33 heavy (non-hydrogen) atoms. The molecule has 2 aromatic heterocycles.